The minimum Gasteiger partial charge on any atom is -0.312 e. The van der Waals surface area contributed by atoms with E-state index in [-0.39, 0.29) is 10.8 Å². The minimum absolute atomic E-state index is 0.0690. The second-order valence-electron chi connectivity index (χ2n) is 7.09. The Kier molecular flexibility index (Phi) is 6.07. The zero-order valence-electron chi connectivity index (χ0n) is 16.6. The van der Waals surface area contributed by atoms with E-state index < -0.39 is 16.1 Å². The highest BCUT2D eigenvalue weighted by Crippen LogP contribution is 2.25. The van der Waals surface area contributed by atoms with Crippen LogP contribution in [0.5, 0.6) is 0 Å². The molecule has 1 saturated heterocycles. The number of amides is 1. The minimum atomic E-state index is -3.78. The Morgan fingerprint density at radius 2 is 1.97 bits per heavy atom. The van der Waals surface area contributed by atoms with E-state index in [1.807, 2.05) is 30.7 Å². The first-order valence-electron chi connectivity index (χ1n) is 9.71. The number of anilines is 1. The fraction of sp³-hybridized carbons (Fsp3) is 0.350. The van der Waals surface area contributed by atoms with Crippen LogP contribution in [0.25, 0.3) is 5.65 Å². The van der Waals surface area contributed by atoms with Gasteiger partial charge in [0.2, 0.25) is 15.9 Å². The number of carbonyl (C=O) groups excluding carboxylic acids is 1. The molecule has 0 aliphatic carbocycles. The number of nitrogens with zero attached hydrogens (tertiary/aromatic N) is 4. The van der Waals surface area contributed by atoms with Crippen molar-refractivity contribution in [2.75, 3.05) is 23.5 Å². The van der Waals surface area contributed by atoms with Crippen molar-refractivity contribution in [2.24, 2.45) is 0 Å². The molecule has 0 saturated carbocycles. The first-order chi connectivity index (χ1) is 14.5. The highest BCUT2D eigenvalue weighted by atomic mass is 32.2. The third-order valence-corrected chi connectivity index (χ3v) is 7.22. The molecule has 3 heterocycles. The number of pyridine rings is 1. The molecule has 4 rings (SSSR count). The predicted molar refractivity (Wildman–Crippen MR) is 117 cm³/mol. The number of hydrogen-bond acceptors (Lipinski definition) is 6. The smallest absolute Gasteiger partial charge is 0.241 e. The first kappa shape index (κ1) is 20.8. The van der Waals surface area contributed by atoms with Gasteiger partial charge < -0.3 is 4.90 Å². The van der Waals surface area contributed by atoms with E-state index in [0.717, 1.165) is 17.9 Å². The second-order valence-corrected chi connectivity index (χ2v) is 9.78. The number of thioether (sulfide) groups is 1. The van der Waals surface area contributed by atoms with Gasteiger partial charge >= 0.3 is 0 Å². The van der Waals surface area contributed by atoms with Crippen LogP contribution in [0.3, 0.4) is 0 Å². The van der Waals surface area contributed by atoms with Gasteiger partial charge in [-0.15, -0.1) is 10.2 Å². The van der Waals surface area contributed by atoms with Crippen LogP contribution in [0.1, 0.15) is 31.1 Å². The van der Waals surface area contributed by atoms with Gasteiger partial charge in [0.25, 0.3) is 0 Å². The summed E-state index contributed by atoms with van der Waals surface area (Å²) in [4.78, 5) is 13.8. The van der Waals surface area contributed by atoms with Crippen LogP contribution in [0.4, 0.5) is 5.69 Å². The normalized spacial score (nSPS) is 15.8. The van der Waals surface area contributed by atoms with Gasteiger partial charge in [0.05, 0.1) is 10.9 Å². The highest BCUT2D eigenvalue weighted by Gasteiger charge is 2.26. The SMILES string of the molecule is CSCCC(NS(=O)(=O)c1ccc(N2CCCC2=O)cc1)c1nnc2ccccn12. The van der Waals surface area contributed by atoms with Gasteiger partial charge in [-0.3, -0.25) is 9.20 Å². The number of rotatable bonds is 8. The standard InChI is InChI=1S/C20H23N5O3S2/c1-29-14-11-17(20-22-21-18-5-2-3-12-25(18)20)23-30(27,28)16-9-7-15(8-10-16)24-13-4-6-19(24)26/h2-3,5,7-10,12,17,23H,4,6,11,13-14H2,1H3. The second kappa shape index (κ2) is 8.75. The van der Waals surface area contributed by atoms with Gasteiger partial charge in [0.15, 0.2) is 11.5 Å². The third kappa shape index (κ3) is 4.21. The molecule has 1 amide bonds. The monoisotopic (exact) mass is 445 g/mol. The van der Waals surface area contributed by atoms with Crippen molar-refractivity contribution in [3.8, 4) is 0 Å². The number of sulfonamides is 1. The van der Waals surface area contributed by atoms with Crippen molar-refractivity contribution >= 4 is 39.0 Å². The molecule has 10 heteroatoms. The molecule has 3 aromatic rings. The van der Waals surface area contributed by atoms with Crippen LogP contribution in [0.2, 0.25) is 0 Å². The molecule has 158 valence electrons. The number of benzene rings is 1. The third-order valence-electron chi connectivity index (χ3n) is 5.09. The average Bonchev–Trinajstić information content (AvgIpc) is 3.37. The topological polar surface area (TPSA) is 96.7 Å². The Bertz CT molecular complexity index is 1140. The summed E-state index contributed by atoms with van der Waals surface area (Å²) in [6, 6.07) is 11.5. The Morgan fingerprint density at radius 3 is 2.67 bits per heavy atom. The molecule has 1 fully saturated rings. The molecular formula is C20H23N5O3S2. The molecule has 1 aromatic carbocycles. The van der Waals surface area contributed by atoms with Gasteiger partial charge in [0.1, 0.15) is 0 Å². The van der Waals surface area contributed by atoms with Crippen molar-refractivity contribution in [3.63, 3.8) is 0 Å². The summed E-state index contributed by atoms with van der Waals surface area (Å²) in [5.74, 6) is 1.40. The van der Waals surface area contributed by atoms with Crippen LogP contribution >= 0.6 is 11.8 Å². The van der Waals surface area contributed by atoms with Gasteiger partial charge in [-0.25, -0.2) is 13.1 Å². The molecule has 0 radical (unpaired) electrons. The Balaban J connectivity index is 1.59. The van der Waals surface area contributed by atoms with E-state index in [2.05, 4.69) is 14.9 Å². The largest absolute Gasteiger partial charge is 0.312 e. The highest BCUT2D eigenvalue weighted by molar-refractivity contribution is 7.98. The van der Waals surface area contributed by atoms with E-state index in [4.69, 9.17) is 0 Å². The van der Waals surface area contributed by atoms with Crippen molar-refractivity contribution in [2.45, 2.75) is 30.2 Å². The van der Waals surface area contributed by atoms with E-state index in [0.29, 0.717) is 30.9 Å². The van der Waals surface area contributed by atoms with Crippen LogP contribution in [0.15, 0.2) is 53.6 Å². The van der Waals surface area contributed by atoms with Gasteiger partial charge in [-0.05, 0) is 61.2 Å². The number of carbonyl (C=O) groups is 1. The summed E-state index contributed by atoms with van der Waals surface area (Å²) in [6.45, 7) is 0.667. The summed E-state index contributed by atoms with van der Waals surface area (Å²) in [7, 11) is -3.78. The molecule has 1 aliphatic heterocycles. The number of hydrogen-bond donors (Lipinski definition) is 1. The molecule has 0 spiro atoms. The van der Waals surface area contributed by atoms with E-state index >= 15 is 0 Å². The first-order valence-corrected chi connectivity index (χ1v) is 12.6. The molecule has 1 atom stereocenters. The van der Waals surface area contributed by atoms with Crippen LogP contribution in [0, 0.1) is 0 Å². The van der Waals surface area contributed by atoms with Crippen LogP contribution in [-0.4, -0.2) is 47.5 Å². The summed E-state index contributed by atoms with van der Waals surface area (Å²) >= 11 is 1.64. The zero-order chi connectivity index (χ0) is 21.1. The van der Waals surface area contributed by atoms with Crippen molar-refractivity contribution in [3.05, 3.63) is 54.5 Å². The van der Waals surface area contributed by atoms with Gasteiger partial charge in [-0.1, -0.05) is 6.07 Å². The van der Waals surface area contributed by atoms with E-state index in [9.17, 15) is 13.2 Å². The molecule has 1 aliphatic rings. The van der Waals surface area contributed by atoms with Gasteiger partial charge in [0, 0.05) is 24.8 Å². The zero-order valence-corrected chi connectivity index (χ0v) is 18.2. The maximum atomic E-state index is 13.1. The molecular weight excluding hydrogens is 422 g/mol. The van der Waals surface area contributed by atoms with E-state index in [1.54, 1.807) is 33.2 Å². The molecule has 1 unspecified atom stereocenters. The lowest BCUT2D eigenvalue weighted by atomic mass is 10.2. The Labute approximate surface area is 179 Å². The Morgan fingerprint density at radius 1 is 1.17 bits per heavy atom. The number of fused-ring (bicyclic) bond motifs is 1. The van der Waals surface area contributed by atoms with Crippen molar-refractivity contribution in [1.29, 1.82) is 0 Å². The van der Waals surface area contributed by atoms with E-state index in [1.165, 1.54) is 12.1 Å². The molecule has 8 nitrogen and oxygen atoms in total. The fourth-order valence-electron chi connectivity index (χ4n) is 3.56. The van der Waals surface area contributed by atoms with Gasteiger partial charge in [-0.2, -0.15) is 11.8 Å². The lowest BCUT2D eigenvalue weighted by molar-refractivity contribution is -0.117. The number of nitrogens with one attached hydrogen (secondary N) is 1. The van der Waals surface area contributed by atoms with Crippen molar-refractivity contribution in [1.82, 2.24) is 19.3 Å². The lowest BCUT2D eigenvalue weighted by Gasteiger charge is -2.18. The van der Waals surface area contributed by atoms with Crippen molar-refractivity contribution < 1.29 is 13.2 Å². The fourth-order valence-corrected chi connectivity index (χ4v) is 5.26. The Hall–Kier alpha value is -2.43. The van der Waals surface area contributed by atoms with Crippen LogP contribution < -0.4 is 9.62 Å². The maximum Gasteiger partial charge on any atom is 0.241 e. The number of aromatic nitrogens is 3. The summed E-state index contributed by atoms with van der Waals surface area (Å²) in [6.07, 6.45) is 5.74. The predicted octanol–water partition coefficient (Wildman–Crippen LogP) is 2.63. The molecule has 30 heavy (non-hydrogen) atoms. The summed E-state index contributed by atoms with van der Waals surface area (Å²) < 4.78 is 30.7. The molecule has 0 bridgehead atoms. The quantitative estimate of drug-likeness (QED) is 0.573. The maximum absolute atomic E-state index is 13.1. The average molecular weight is 446 g/mol. The molecule has 2 aromatic heterocycles. The lowest BCUT2D eigenvalue weighted by Crippen LogP contribution is -2.30. The molecule has 1 N–H and O–H groups in total. The summed E-state index contributed by atoms with van der Waals surface area (Å²) in [5.41, 5.74) is 1.39. The summed E-state index contributed by atoms with van der Waals surface area (Å²) in [5, 5.41) is 8.38. The van der Waals surface area contributed by atoms with Crippen LogP contribution in [-0.2, 0) is 14.8 Å².